The van der Waals surface area contributed by atoms with Crippen LogP contribution in [0.5, 0.6) is 5.75 Å². The van der Waals surface area contributed by atoms with E-state index in [0.29, 0.717) is 17.3 Å². The Bertz CT molecular complexity index is 439. The van der Waals surface area contributed by atoms with Crippen molar-refractivity contribution in [2.75, 3.05) is 20.2 Å². The van der Waals surface area contributed by atoms with Crippen LogP contribution in [0.25, 0.3) is 0 Å². The summed E-state index contributed by atoms with van der Waals surface area (Å²) in [6.07, 6.45) is 0. The van der Waals surface area contributed by atoms with E-state index < -0.39 is 0 Å². The van der Waals surface area contributed by atoms with Crippen molar-refractivity contribution in [2.45, 2.75) is 6.92 Å². The van der Waals surface area contributed by atoms with Crippen molar-refractivity contribution in [3.8, 4) is 11.8 Å². The van der Waals surface area contributed by atoms with Crippen LogP contribution >= 0.6 is 11.6 Å². The summed E-state index contributed by atoms with van der Waals surface area (Å²) in [6, 6.07) is 8.88. The fourth-order valence-corrected chi connectivity index (χ4v) is 1.47. The molecule has 1 amide bonds. The summed E-state index contributed by atoms with van der Waals surface area (Å²) < 4.78 is 5.33. The van der Waals surface area contributed by atoms with Crippen molar-refractivity contribution in [3.63, 3.8) is 0 Å². The van der Waals surface area contributed by atoms with E-state index >= 15 is 0 Å². The molecule has 1 aromatic rings. The zero-order chi connectivity index (χ0) is 13.5. The average molecular weight is 267 g/mol. The standard InChI is InChI=1S/C13H15ClN2O2/c1-10(7-15)8-16(2)13(17)9-18-12-5-3-11(14)4-6-12/h3-6,10H,8-9H2,1-2H3. The van der Waals surface area contributed by atoms with Gasteiger partial charge in [-0.1, -0.05) is 11.6 Å². The lowest BCUT2D eigenvalue weighted by Crippen LogP contribution is -2.34. The first-order valence-corrected chi connectivity index (χ1v) is 5.92. The van der Waals surface area contributed by atoms with Crippen LogP contribution in [0.4, 0.5) is 0 Å². The summed E-state index contributed by atoms with van der Waals surface area (Å²) in [5.41, 5.74) is 0. The predicted octanol–water partition coefficient (Wildman–Crippen LogP) is 2.34. The number of hydrogen-bond acceptors (Lipinski definition) is 3. The highest BCUT2D eigenvalue weighted by Gasteiger charge is 2.12. The van der Waals surface area contributed by atoms with E-state index in [1.165, 1.54) is 4.90 Å². The number of nitrogens with zero attached hydrogens (tertiary/aromatic N) is 2. The fraction of sp³-hybridized carbons (Fsp3) is 0.385. The van der Waals surface area contributed by atoms with Crippen molar-refractivity contribution in [2.24, 2.45) is 5.92 Å². The number of ether oxygens (including phenoxy) is 1. The minimum atomic E-state index is -0.186. The number of halogens is 1. The molecule has 96 valence electrons. The predicted molar refractivity (Wildman–Crippen MR) is 69.4 cm³/mol. The van der Waals surface area contributed by atoms with Crippen LogP contribution in [0.2, 0.25) is 5.02 Å². The third-order valence-corrected chi connectivity index (χ3v) is 2.62. The van der Waals surface area contributed by atoms with Gasteiger partial charge in [0.2, 0.25) is 0 Å². The first-order chi connectivity index (χ1) is 8.52. The van der Waals surface area contributed by atoms with Crippen molar-refractivity contribution in [1.29, 1.82) is 5.26 Å². The Balaban J connectivity index is 2.41. The molecule has 0 saturated carbocycles. The number of carbonyl (C=O) groups is 1. The highest BCUT2D eigenvalue weighted by molar-refractivity contribution is 6.30. The molecule has 0 fully saturated rings. The third kappa shape index (κ3) is 4.64. The molecule has 0 N–H and O–H groups in total. The lowest BCUT2D eigenvalue weighted by Gasteiger charge is -2.18. The molecule has 0 spiro atoms. The Hall–Kier alpha value is -1.73. The number of carbonyl (C=O) groups excluding carboxylic acids is 1. The van der Waals surface area contributed by atoms with Crippen LogP contribution < -0.4 is 4.74 Å². The van der Waals surface area contributed by atoms with Crippen molar-refractivity contribution in [3.05, 3.63) is 29.3 Å². The second kappa shape index (κ2) is 6.87. The highest BCUT2D eigenvalue weighted by Crippen LogP contribution is 2.15. The molecule has 0 aliphatic rings. The van der Waals surface area contributed by atoms with Gasteiger partial charge in [0.15, 0.2) is 6.61 Å². The molecule has 1 aromatic carbocycles. The number of rotatable bonds is 5. The molecule has 4 nitrogen and oxygen atoms in total. The molecule has 0 aromatic heterocycles. The molecule has 1 unspecified atom stereocenters. The van der Waals surface area contributed by atoms with E-state index in [-0.39, 0.29) is 18.4 Å². The van der Waals surface area contributed by atoms with Gasteiger partial charge in [-0.15, -0.1) is 0 Å². The van der Waals surface area contributed by atoms with Crippen LogP contribution in [0.1, 0.15) is 6.92 Å². The first-order valence-electron chi connectivity index (χ1n) is 5.55. The summed E-state index contributed by atoms with van der Waals surface area (Å²) in [4.78, 5) is 13.2. The first kappa shape index (κ1) is 14.3. The second-order valence-electron chi connectivity index (χ2n) is 4.05. The van der Waals surface area contributed by atoms with Crippen LogP contribution in [-0.4, -0.2) is 31.0 Å². The van der Waals surface area contributed by atoms with Crippen molar-refractivity contribution < 1.29 is 9.53 Å². The molecule has 18 heavy (non-hydrogen) atoms. The number of likely N-dealkylation sites (N-methyl/N-ethyl adjacent to an activating group) is 1. The summed E-state index contributed by atoms with van der Waals surface area (Å²) in [5.74, 6) is 0.246. The Morgan fingerprint density at radius 2 is 2.11 bits per heavy atom. The maximum Gasteiger partial charge on any atom is 0.260 e. The maximum absolute atomic E-state index is 11.7. The molecular weight excluding hydrogens is 252 g/mol. The highest BCUT2D eigenvalue weighted by atomic mass is 35.5. The fourth-order valence-electron chi connectivity index (χ4n) is 1.34. The molecule has 1 rings (SSSR count). The van der Waals surface area contributed by atoms with Gasteiger partial charge in [-0.05, 0) is 31.2 Å². The normalized spacial score (nSPS) is 11.4. The largest absolute Gasteiger partial charge is 0.484 e. The van der Waals surface area contributed by atoms with Gasteiger partial charge in [0, 0.05) is 18.6 Å². The summed E-state index contributed by atoms with van der Waals surface area (Å²) >= 11 is 5.74. The number of nitriles is 1. The Morgan fingerprint density at radius 1 is 1.50 bits per heavy atom. The van der Waals surface area contributed by atoms with Crippen molar-refractivity contribution in [1.82, 2.24) is 4.90 Å². The minimum Gasteiger partial charge on any atom is -0.484 e. The van der Waals surface area contributed by atoms with E-state index in [1.54, 1.807) is 38.2 Å². The monoisotopic (exact) mass is 266 g/mol. The van der Waals surface area contributed by atoms with Crippen LogP contribution in [-0.2, 0) is 4.79 Å². The van der Waals surface area contributed by atoms with Gasteiger partial charge in [0.25, 0.3) is 5.91 Å². The molecule has 0 bridgehead atoms. The van der Waals surface area contributed by atoms with Gasteiger partial charge < -0.3 is 9.64 Å². The number of benzene rings is 1. The van der Waals surface area contributed by atoms with E-state index in [0.717, 1.165) is 0 Å². The molecule has 5 heteroatoms. The molecule has 0 saturated heterocycles. The van der Waals surface area contributed by atoms with Gasteiger partial charge >= 0.3 is 0 Å². The molecular formula is C13H15ClN2O2. The smallest absolute Gasteiger partial charge is 0.260 e. The topological polar surface area (TPSA) is 53.3 Å². The summed E-state index contributed by atoms with van der Waals surface area (Å²) in [5, 5.41) is 9.29. The number of amides is 1. The third-order valence-electron chi connectivity index (χ3n) is 2.37. The molecule has 0 heterocycles. The minimum absolute atomic E-state index is 0.0454. The quantitative estimate of drug-likeness (QED) is 0.822. The van der Waals surface area contributed by atoms with Crippen molar-refractivity contribution >= 4 is 17.5 Å². The lowest BCUT2D eigenvalue weighted by molar-refractivity contribution is -0.132. The van der Waals surface area contributed by atoms with Crippen LogP contribution in [0, 0.1) is 17.2 Å². The Labute approximate surface area is 112 Å². The van der Waals surface area contributed by atoms with Crippen LogP contribution in [0.15, 0.2) is 24.3 Å². The second-order valence-corrected chi connectivity index (χ2v) is 4.48. The Morgan fingerprint density at radius 3 is 2.67 bits per heavy atom. The molecule has 0 aliphatic heterocycles. The lowest BCUT2D eigenvalue weighted by atomic mass is 10.2. The molecule has 0 aliphatic carbocycles. The zero-order valence-electron chi connectivity index (χ0n) is 10.4. The SMILES string of the molecule is CC(C#N)CN(C)C(=O)COc1ccc(Cl)cc1. The molecule has 0 radical (unpaired) electrons. The summed E-state index contributed by atoms with van der Waals surface area (Å²) in [6.45, 7) is 2.12. The number of hydrogen-bond donors (Lipinski definition) is 0. The van der Waals surface area contributed by atoms with Crippen LogP contribution in [0.3, 0.4) is 0 Å². The zero-order valence-corrected chi connectivity index (χ0v) is 11.1. The van der Waals surface area contributed by atoms with Gasteiger partial charge in [-0.3, -0.25) is 4.79 Å². The van der Waals surface area contributed by atoms with Gasteiger partial charge in [0.1, 0.15) is 5.75 Å². The average Bonchev–Trinajstić information content (AvgIpc) is 2.37. The molecule has 1 atom stereocenters. The van der Waals surface area contributed by atoms with Gasteiger partial charge in [0.05, 0.1) is 12.0 Å². The van der Waals surface area contributed by atoms with Gasteiger partial charge in [-0.2, -0.15) is 5.26 Å². The van der Waals surface area contributed by atoms with E-state index in [1.807, 2.05) is 0 Å². The van der Waals surface area contributed by atoms with Gasteiger partial charge in [-0.25, -0.2) is 0 Å². The summed E-state index contributed by atoms with van der Waals surface area (Å²) in [7, 11) is 1.65. The van der Waals surface area contributed by atoms with E-state index in [2.05, 4.69) is 6.07 Å². The maximum atomic E-state index is 11.7. The van der Waals surface area contributed by atoms with E-state index in [4.69, 9.17) is 21.6 Å². The Kier molecular flexibility index (Phi) is 5.47. The van der Waals surface area contributed by atoms with E-state index in [9.17, 15) is 4.79 Å².